The topological polar surface area (TPSA) is 47.3 Å². The first-order valence-corrected chi connectivity index (χ1v) is 5.88. The highest BCUT2D eigenvalue weighted by atomic mass is 19.4. The predicted molar refractivity (Wildman–Crippen MR) is 72.1 cm³/mol. The molecule has 0 aliphatic carbocycles. The quantitative estimate of drug-likeness (QED) is 0.660. The fraction of sp³-hybridized carbons (Fsp3) is 0.143. The maximum atomic E-state index is 13.7. The summed E-state index contributed by atoms with van der Waals surface area (Å²) < 4.78 is 56.6. The third kappa shape index (κ3) is 3.36. The van der Waals surface area contributed by atoms with Gasteiger partial charge in [-0.25, -0.2) is 4.39 Å². The lowest BCUT2D eigenvalue weighted by molar-refractivity contribution is -0.137. The molecule has 0 saturated heterocycles. The summed E-state index contributed by atoms with van der Waals surface area (Å²) in [7, 11) is 1.43. The highest BCUT2D eigenvalue weighted by Gasteiger charge is 2.31. The third-order valence-electron chi connectivity index (χ3n) is 2.82. The molecule has 3 nitrogen and oxygen atoms in total. The average molecular weight is 300 g/mol. The van der Waals surface area contributed by atoms with Gasteiger partial charge in [-0.1, -0.05) is 0 Å². The normalized spacial score (nSPS) is 11.3. The molecule has 0 radical (unpaired) electrons. The van der Waals surface area contributed by atoms with E-state index in [1.54, 1.807) is 6.07 Å². The van der Waals surface area contributed by atoms with E-state index in [9.17, 15) is 17.6 Å². The number of nitrogens with one attached hydrogen (secondary N) is 1. The van der Waals surface area contributed by atoms with Crippen molar-refractivity contribution in [3.63, 3.8) is 0 Å². The van der Waals surface area contributed by atoms with Crippen LogP contribution in [0.4, 0.5) is 34.6 Å². The Balaban J connectivity index is 2.39. The van der Waals surface area contributed by atoms with Crippen LogP contribution in [0.1, 0.15) is 5.56 Å². The first-order valence-electron chi connectivity index (χ1n) is 5.88. The minimum atomic E-state index is -4.55. The molecule has 112 valence electrons. The van der Waals surface area contributed by atoms with E-state index in [0.717, 1.165) is 6.07 Å². The van der Waals surface area contributed by atoms with Gasteiger partial charge in [0.05, 0.1) is 29.7 Å². The van der Waals surface area contributed by atoms with E-state index >= 15 is 0 Å². The summed E-state index contributed by atoms with van der Waals surface area (Å²) in [6.07, 6.45) is -4.55. The van der Waals surface area contributed by atoms with Gasteiger partial charge in [-0.15, -0.1) is 0 Å². The summed E-state index contributed by atoms with van der Waals surface area (Å²) >= 11 is 0. The van der Waals surface area contributed by atoms with Gasteiger partial charge in [0.15, 0.2) is 0 Å². The van der Waals surface area contributed by atoms with Crippen molar-refractivity contribution >= 4 is 17.1 Å². The highest BCUT2D eigenvalue weighted by molar-refractivity contribution is 5.74. The Kier molecular flexibility index (Phi) is 3.93. The van der Waals surface area contributed by atoms with E-state index in [1.165, 1.54) is 19.2 Å². The maximum Gasteiger partial charge on any atom is 0.416 e. The van der Waals surface area contributed by atoms with Crippen molar-refractivity contribution in [1.82, 2.24) is 0 Å². The molecule has 0 bridgehead atoms. The van der Waals surface area contributed by atoms with Gasteiger partial charge in [0.25, 0.3) is 0 Å². The van der Waals surface area contributed by atoms with Crippen LogP contribution in [0.5, 0.6) is 5.75 Å². The Hall–Kier alpha value is -2.44. The van der Waals surface area contributed by atoms with Crippen LogP contribution in [0.2, 0.25) is 0 Å². The summed E-state index contributed by atoms with van der Waals surface area (Å²) in [6.45, 7) is 0. The fourth-order valence-electron chi connectivity index (χ4n) is 1.71. The Morgan fingerprint density at radius 1 is 1.05 bits per heavy atom. The van der Waals surface area contributed by atoms with Crippen LogP contribution in [0, 0.1) is 5.82 Å². The van der Waals surface area contributed by atoms with Crippen LogP contribution in [-0.2, 0) is 6.18 Å². The van der Waals surface area contributed by atoms with E-state index in [-0.39, 0.29) is 17.1 Å². The zero-order valence-corrected chi connectivity index (χ0v) is 11.0. The maximum absolute atomic E-state index is 13.7. The number of halogens is 4. The summed E-state index contributed by atoms with van der Waals surface area (Å²) in [5.41, 5.74) is 4.95. The smallest absolute Gasteiger partial charge is 0.416 e. The number of rotatable bonds is 3. The molecule has 2 aromatic carbocycles. The molecule has 3 N–H and O–H groups in total. The van der Waals surface area contributed by atoms with Crippen molar-refractivity contribution in [1.29, 1.82) is 0 Å². The van der Waals surface area contributed by atoms with E-state index in [1.807, 2.05) is 0 Å². The molecule has 0 aliphatic heterocycles. The second-order valence-electron chi connectivity index (χ2n) is 4.27. The number of benzene rings is 2. The van der Waals surface area contributed by atoms with Gasteiger partial charge in [-0.3, -0.25) is 0 Å². The molecule has 0 atom stereocenters. The lowest BCUT2D eigenvalue weighted by Crippen LogP contribution is -2.07. The van der Waals surface area contributed by atoms with Gasteiger partial charge in [0, 0.05) is 6.07 Å². The average Bonchev–Trinajstić information content (AvgIpc) is 2.42. The fourth-order valence-corrected chi connectivity index (χ4v) is 1.71. The van der Waals surface area contributed by atoms with Gasteiger partial charge in [0.2, 0.25) is 0 Å². The lowest BCUT2D eigenvalue weighted by atomic mass is 10.1. The first kappa shape index (κ1) is 15.0. The van der Waals surface area contributed by atoms with Crippen molar-refractivity contribution in [3.05, 3.63) is 47.8 Å². The summed E-state index contributed by atoms with van der Waals surface area (Å²) in [5, 5.41) is 2.55. The molecule has 2 rings (SSSR count). The van der Waals surface area contributed by atoms with E-state index in [2.05, 4.69) is 5.32 Å². The Bertz CT molecular complexity index is 656. The molecular formula is C14H12F4N2O. The molecule has 0 aromatic heterocycles. The lowest BCUT2D eigenvalue weighted by Gasteiger charge is -2.14. The number of hydrogen-bond donors (Lipinski definition) is 2. The largest absolute Gasteiger partial charge is 0.497 e. The summed E-state index contributed by atoms with van der Waals surface area (Å²) in [5.74, 6) is -0.371. The van der Waals surface area contributed by atoms with Crippen molar-refractivity contribution in [2.75, 3.05) is 18.2 Å². The zero-order chi connectivity index (χ0) is 15.6. The van der Waals surface area contributed by atoms with Crippen molar-refractivity contribution in [3.8, 4) is 5.75 Å². The molecule has 0 spiro atoms. The van der Waals surface area contributed by atoms with Crippen LogP contribution in [0.25, 0.3) is 0 Å². The van der Waals surface area contributed by atoms with Crippen molar-refractivity contribution in [2.24, 2.45) is 0 Å². The molecule has 7 heteroatoms. The van der Waals surface area contributed by atoms with Gasteiger partial charge in [0.1, 0.15) is 11.6 Å². The number of nitrogen functional groups attached to an aromatic ring is 1. The molecule has 0 aliphatic rings. The van der Waals surface area contributed by atoms with Crippen LogP contribution < -0.4 is 15.8 Å². The van der Waals surface area contributed by atoms with E-state index in [0.29, 0.717) is 17.9 Å². The second kappa shape index (κ2) is 5.51. The predicted octanol–water partition coefficient (Wildman–Crippen LogP) is 4.18. The molecule has 0 amide bonds. The Morgan fingerprint density at radius 2 is 1.76 bits per heavy atom. The third-order valence-corrected chi connectivity index (χ3v) is 2.82. The molecular weight excluding hydrogens is 288 g/mol. The van der Waals surface area contributed by atoms with E-state index in [4.69, 9.17) is 10.5 Å². The Labute approximate surface area is 118 Å². The number of ether oxygens (including phenoxy) is 1. The number of hydrogen-bond acceptors (Lipinski definition) is 3. The second-order valence-corrected chi connectivity index (χ2v) is 4.27. The van der Waals surface area contributed by atoms with Gasteiger partial charge in [-0.2, -0.15) is 13.2 Å². The minimum absolute atomic E-state index is 0.257. The van der Waals surface area contributed by atoms with Crippen molar-refractivity contribution in [2.45, 2.75) is 6.18 Å². The Morgan fingerprint density at radius 3 is 2.38 bits per heavy atom. The number of nitrogens with two attached hydrogens (primary N) is 1. The highest BCUT2D eigenvalue weighted by Crippen LogP contribution is 2.34. The van der Waals surface area contributed by atoms with Gasteiger partial charge < -0.3 is 15.8 Å². The molecule has 21 heavy (non-hydrogen) atoms. The number of alkyl halides is 3. The van der Waals surface area contributed by atoms with Crippen LogP contribution >= 0.6 is 0 Å². The van der Waals surface area contributed by atoms with Gasteiger partial charge >= 0.3 is 6.18 Å². The summed E-state index contributed by atoms with van der Waals surface area (Å²) in [6, 6.07) is 6.68. The molecule has 0 saturated carbocycles. The van der Waals surface area contributed by atoms with Crippen LogP contribution in [0.3, 0.4) is 0 Å². The zero-order valence-electron chi connectivity index (χ0n) is 11.0. The van der Waals surface area contributed by atoms with Crippen LogP contribution in [-0.4, -0.2) is 7.11 Å². The molecule has 0 fully saturated rings. The van der Waals surface area contributed by atoms with E-state index < -0.39 is 17.6 Å². The minimum Gasteiger partial charge on any atom is -0.497 e. The van der Waals surface area contributed by atoms with Gasteiger partial charge in [-0.05, 0) is 30.3 Å². The molecule has 0 heterocycles. The molecule has 2 aromatic rings. The number of anilines is 3. The molecule has 0 unspecified atom stereocenters. The monoisotopic (exact) mass is 300 g/mol. The number of methoxy groups -OCH3 is 1. The SMILES string of the molecule is COc1ccc(N)c(Nc2cc(C(F)(F)F)ccc2F)c1. The van der Waals surface area contributed by atoms with Crippen molar-refractivity contribution < 1.29 is 22.3 Å². The first-order chi connectivity index (χ1) is 9.81. The van der Waals surface area contributed by atoms with Crippen LogP contribution in [0.15, 0.2) is 36.4 Å². The standard InChI is InChI=1S/C14H12F4N2O/c1-21-9-3-5-11(19)13(7-9)20-12-6-8(14(16,17)18)2-4-10(12)15/h2-7,20H,19H2,1H3. The summed E-state index contributed by atoms with van der Waals surface area (Å²) in [4.78, 5) is 0.